The molecule has 8 nitrogen and oxygen atoms in total. The number of alkyl carbamates (subject to hydrolysis) is 1. The van der Waals surface area contributed by atoms with Crippen LogP contribution in [0.25, 0.3) is 0 Å². The van der Waals surface area contributed by atoms with Crippen LogP contribution in [0.15, 0.2) is 60.8 Å². The Kier molecular flexibility index (Phi) is 35.9. The molecule has 0 aromatic heterocycles. The van der Waals surface area contributed by atoms with Gasteiger partial charge in [-0.05, 0) is 89.9 Å². The molecule has 0 spiro atoms. The van der Waals surface area contributed by atoms with Gasteiger partial charge in [0, 0.05) is 32.0 Å². The second-order valence-electron chi connectivity index (χ2n) is 16.1. The number of unbranched alkanes of at least 4 members (excludes halogenated alkanes) is 13. The number of nitrogens with one attached hydrogen (secondary N) is 1. The lowest BCUT2D eigenvalue weighted by atomic mass is 10.0. The molecule has 0 bridgehead atoms. The summed E-state index contributed by atoms with van der Waals surface area (Å²) in [5.74, 6) is -0.947. The number of esters is 2. The van der Waals surface area contributed by atoms with Crippen LogP contribution in [-0.4, -0.2) is 67.9 Å². The van der Waals surface area contributed by atoms with Crippen molar-refractivity contribution in [2.45, 2.75) is 200 Å². The quantitative estimate of drug-likeness (QED) is 0.0287. The zero-order valence-corrected chi connectivity index (χ0v) is 37.6. The van der Waals surface area contributed by atoms with Crippen molar-refractivity contribution in [1.29, 1.82) is 0 Å². The Morgan fingerprint density at radius 2 is 1.00 bits per heavy atom. The summed E-state index contributed by atoms with van der Waals surface area (Å²) in [7, 11) is 0. The van der Waals surface area contributed by atoms with Gasteiger partial charge in [0.25, 0.3) is 0 Å². The van der Waals surface area contributed by atoms with Crippen molar-refractivity contribution in [3.05, 3.63) is 60.8 Å². The fourth-order valence-corrected chi connectivity index (χ4v) is 6.96. The number of amides is 1. The molecule has 1 aliphatic heterocycles. The van der Waals surface area contributed by atoms with E-state index in [-0.39, 0.29) is 37.8 Å². The number of allylic oxidation sites excluding steroid dienone is 10. The van der Waals surface area contributed by atoms with Gasteiger partial charge in [0.1, 0.15) is 19.8 Å². The number of nitrogens with zero attached hydrogens (tertiary/aromatic N) is 1. The molecule has 0 aromatic rings. The smallest absolute Gasteiger partial charge is 0.407 e. The van der Waals surface area contributed by atoms with E-state index < -0.39 is 12.0 Å². The second kappa shape index (κ2) is 39.3. The lowest BCUT2D eigenvalue weighted by Crippen LogP contribution is -2.62. The average Bonchev–Trinajstić information content (AvgIpc) is 3.20. The van der Waals surface area contributed by atoms with Crippen molar-refractivity contribution in [2.24, 2.45) is 5.92 Å². The van der Waals surface area contributed by atoms with Gasteiger partial charge in [-0.1, -0.05) is 146 Å². The highest BCUT2D eigenvalue weighted by atomic mass is 16.6. The van der Waals surface area contributed by atoms with Crippen LogP contribution in [0.2, 0.25) is 0 Å². The molecule has 1 amide bonds. The second-order valence-corrected chi connectivity index (χ2v) is 16.1. The van der Waals surface area contributed by atoms with Gasteiger partial charge in [0.05, 0.1) is 12.0 Å². The molecular formula is C50H86N2O6. The lowest BCUT2D eigenvalue weighted by molar-refractivity contribution is -0.150. The maximum absolute atomic E-state index is 12.7. The molecule has 0 radical (unpaired) electrons. The lowest BCUT2D eigenvalue weighted by Gasteiger charge is -2.44. The third-order valence-electron chi connectivity index (χ3n) is 10.6. The molecule has 1 heterocycles. The highest BCUT2D eigenvalue weighted by Crippen LogP contribution is 2.19. The zero-order chi connectivity index (χ0) is 42.2. The van der Waals surface area contributed by atoms with Crippen LogP contribution in [0.1, 0.15) is 188 Å². The zero-order valence-electron chi connectivity index (χ0n) is 37.6. The Labute approximate surface area is 355 Å². The van der Waals surface area contributed by atoms with E-state index in [9.17, 15) is 14.4 Å². The standard InChI is InChI=1S/C50H86N2O6/c1-5-9-11-13-15-17-19-21-23-25-27-29-31-33-35-38-48(53)56-42-45(44-58-50(55)51-46-40-52(41-46)47(8-4)37-7-3)43-57-49(54)39-36-34-32-30-28-26-24-22-20-18-16-14-12-10-6-2/h9,11,15-18,21-24,45-47H,5-8,10,12-14,19-20,25-44H2,1-4H3,(H,51,55)/b11-9-,17-15-,18-16-,23-21-,24-22-. The Morgan fingerprint density at radius 1 is 0.552 bits per heavy atom. The topological polar surface area (TPSA) is 94.2 Å². The minimum Gasteiger partial charge on any atom is -0.465 e. The minimum absolute atomic E-state index is 0.0149. The minimum atomic E-state index is -0.483. The highest BCUT2D eigenvalue weighted by Gasteiger charge is 2.32. The van der Waals surface area contributed by atoms with Crippen LogP contribution in [0.4, 0.5) is 4.79 Å². The van der Waals surface area contributed by atoms with Gasteiger partial charge in [0.15, 0.2) is 0 Å². The summed E-state index contributed by atoms with van der Waals surface area (Å²) in [5, 5.41) is 2.96. The number of hydrogen-bond donors (Lipinski definition) is 1. The molecule has 0 aliphatic carbocycles. The Balaban J connectivity index is 2.34. The van der Waals surface area contributed by atoms with Gasteiger partial charge >= 0.3 is 18.0 Å². The van der Waals surface area contributed by atoms with E-state index in [1.165, 1.54) is 32.1 Å². The number of hydrogen-bond acceptors (Lipinski definition) is 7. The molecule has 1 aliphatic rings. The number of carbonyl (C=O) groups is 3. The summed E-state index contributed by atoms with van der Waals surface area (Å²) in [4.78, 5) is 40.3. The first kappa shape index (κ1) is 52.9. The van der Waals surface area contributed by atoms with Gasteiger partial charge < -0.3 is 19.5 Å². The number of carbonyl (C=O) groups excluding carboxylic acids is 3. The van der Waals surface area contributed by atoms with E-state index in [4.69, 9.17) is 14.2 Å². The van der Waals surface area contributed by atoms with Crippen LogP contribution >= 0.6 is 0 Å². The molecule has 58 heavy (non-hydrogen) atoms. The number of likely N-dealkylation sites (tertiary alicyclic amines) is 1. The first-order chi connectivity index (χ1) is 28.4. The summed E-state index contributed by atoms with van der Waals surface area (Å²) in [5.41, 5.74) is 0. The van der Waals surface area contributed by atoms with Crippen LogP contribution in [-0.2, 0) is 23.8 Å². The Morgan fingerprint density at radius 3 is 1.48 bits per heavy atom. The summed E-state index contributed by atoms with van der Waals surface area (Å²) < 4.78 is 16.7. The van der Waals surface area contributed by atoms with Gasteiger partial charge in [0.2, 0.25) is 0 Å². The number of rotatable bonds is 38. The largest absolute Gasteiger partial charge is 0.465 e. The van der Waals surface area contributed by atoms with Crippen LogP contribution < -0.4 is 5.32 Å². The first-order valence-electron chi connectivity index (χ1n) is 23.7. The molecule has 8 heteroatoms. The molecule has 0 aromatic carbocycles. The predicted octanol–water partition coefficient (Wildman–Crippen LogP) is 13.1. The third kappa shape index (κ3) is 31.8. The van der Waals surface area contributed by atoms with Crippen LogP contribution in [0.3, 0.4) is 0 Å². The normalized spacial score (nSPS) is 14.9. The number of ether oxygens (including phenoxy) is 3. The van der Waals surface area contributed by atoms with E-state index in [1.54, 1.807) is 0 Å². The van der Waals surface area contributed by atoms with Crippen molar-refractivity contribution in [3.8, 4) is 0 Å². The van der Waals surface area contributed by atoms with Crippen molar-refractivity contribution in [1.82, 2.24) is 10.2 Å². The van der Waals surface area contributed by atoms with E-state index in [0.29, 0.717) is 18.9 Å². The predicted molar refractivity (Wildman–Crippen MR) is 243 cm³/mol. The van der Waals surface area contributed by atoms with Crippen LogP contribution in [0.5, 0.6) is 0 Å². The Bertz CT molecular complexity index is 1150. The van der Waals surface area contributed by atoms with Gasteiger partial charge in [-0.15, -0.1) is 0 Å². The summed E-state index contributed by atoms with van der Waals surface area (Å²) in [6.45, 7) is 10.6. The Hall–Kier alpha value is -3.13. The SMILES string of the molecule is CC/C=C\C/C=C\C/C=C\CCCCCCCC(=O)OCC(COC(=O)CCCCCCC/C=C\C/C=C\CCCCC)COC(=O)NC1CN(C(CC)CCC)C1. The molecule has 332 valence electrons. The van der Waals surface area contributed by atoms with Crippen molar-refractivity contribution < 1.29 is 28.6 Å². The summed E-state index contributed by atoms with van der Waals surface area (Å²) >= 11 is 0. The summed E-state index contributed by atoms with van der Waals surface area (Å²) in [6, 6.07) is 0.624. The van der Waals surface area contributed by atoms with E-state index >= 15 is 0 Å². The fourth-order valence-electron chi connectivity index (χ4n) is 6.96. The van der Waals surface area contributed by atoms with Gasteiger partial charge in [-0.2, -0.15) is 0 Å². The van der Waals surface area contributed by atoms with Crippen molar-refractivity contribution >= 4 is 18.0 Å². The highest BCUT2D eigenvalue weighted by molar-refractivity contribution is 5.70. The third-order valence-corrected chi connectivity index (χ3v) is 10.6. The maximum Gasteiger partial charge on any atom is 0.407 e. The first-order valence-corrected chi connectivity index (χ1v) is 23.7. The monoisotopic (exact) mass is 811 g/mol. The van der Waals surface area contributed by atoms with Crippen molar-refractivity contribution in [2.75, 3.05) is 32.9 Å². The van der Waals surface area contributed by atoms with E-state index in [2.05, 4.69) is 98.7 Å². The van der Waals surface area contributed by atoms with Crippen LogP contribution in [0, 0.1) is 5.92 Å². The van der Waals surface area contributed by atoms with Crippen molar-refractivity contribution in [3.63, 3.8) is 0 Å². The summed E-state index contributed by atoms with van der Waals surface area (Å²) in [6.07, 6.45) is 47.8. The molecule has 1 N–H and O–H groups in total. The maximum atomic E-state index is 12.7. The van der Waals surface area contributed by atoms with E-state index in [0.717, 1.165) is 129 Å². The van der Waals surface area contributed by atoms with Gasteiger partial charge in [-0.25, -0.2) is 4.79 Å². The average molecular weight is 811 g/mol. The van der Waals surface area contributed by atoms with Gasteiger partial charge in [-0.3, -0.25) is 14.5 Å². The molecule has 2 atom stereocenters. The fraction of sp³-hybridized carbons (Fsp3) is 0.740. The molecule has 1 rings (SSSR count). The van der Waals surface area contributed by atoms with E-state index in [1.807, 2.05) is 0 Å². The molecule has 1 fully saturated rings. The molecule has 1 saturated heterocycles. The molecular weight excluding hydrogens is 725 g/mol. The molecule has 0 saturated carbocycles. The molecule has 2 unspecified atom stereocenters.